The maximum absolute atomic E-state index is 3.78. The predicted octanol–water partition coefficient (Wildman–Crippen LogP) is 5.19. The van der Waals surface area contributed by atoms with Gasteiger partial charge < -0.3 is 4.40 Å². The topological polar surface area (TPSA) is 4.41 Å². The van der Waals surface area contributed by atoms with Crippen LogP contribution in [0.1, 0.15) is 11.3 Å². The molecule has 1 heteroatoms. The second kappa shape index (κ2) is 3.97. The molecule has 0 saturated heterocycles. The molecule has 0 spiro atoms. The minimum atomic E-state index is 1.25. The largest absolute Gasteiger partial charge is 0.308 e. The van der Waals surface area contributed by atoms with Crippen molar-refractivity contribution in [1.82, 2.24) is 4.40 Å². The first-order valence-electron chi connectivity index (χ1n) is 6.86. The van der Waals surface area contributed by atoms with Gasteiger partial charge in [0.05, 0.1) is 11.0 Å². The molecule has 0 unspecified atom stereocenters. The van der Waals surface area contributed by atoms with Crippen LogP contribution in [0.5, 0.6) is 0 Å². The van der Waals surface area contributed by atoms with Crippen LogP contribution in [0.4, 0.5) is 0 Å². The van der Waals surface area contributed by atoms with Crippen LogP contribution in [0, 0.1) is 6.92 Å². The molecule has 0 N–H and O–H groups in total. The molecule has 96 valence electrons. The lowest BCUT2D eigenvalue weighted by molar-refractivity contribution is 1.25. The highest BCUT2D eigenvalue weighted by atomic mass is 14.9. The Kier molecular flexibility index (Phi) is 2.25. The van der Waals surface area contributed by atoms with Gasteiger partial charge in [-0.1, -0.05) is 55.1 Å². The fourth-order valence-corrected chi connectivity index (χ4v) is 3.24. The Morgan fingerprint density at radius 3 is 2.55 bits per heavy atom. The highest BCUT2D eigenvalue weighted by molar-refractivity contribution is 6.16. The number of nitrogens with zero attached hydrogens (tertiary/aromatic N) is 1. The van der Waals surface area contributed by atoms with E-state index in [9.17, 15) is 0 Å². The molecule has 0 bridgehead atoms. The smallest absolute Gasteiger partial charge is 0.0616 e. The molecule has 4 rings (SSSR count). The molecule has 4 aromatic rings. The predicted molar refractivity (Wildman–Crippen MR) is 87.6 cm³/mol. The van der Waals surface area contributed by atoms with Crippen molar-refractivity contribution in [2.75, 3.05) is 0 Å². The second-order valence-corrected chi connectivity index (χ2v) is 5.16. The van der Waals surface area contributed by atoms with Gasteiger partial charge in [-0.2, -0.15) is 0 Å². The average molecular weight is 257 g/mol. The Morgan fingerprint density at radius 2 is 1.70 bits per heavy atom. The summed E-state index contributed by atoms with van der Waals surface area (Å²) in [4.78, 5) is 0. The molecular formula is C19H15N. The summed E-state index contributed by atoms with van der Waals surface area (Å²) in [6, 6.07) is 15.2. The molecule has 2 heterocycles. The van der Waals surface area contributed by atoms with Gasteiger partial charge in [-0.25, -0.2) is 0 Å². The van der Waals surface area contributed by atoms with Crippen molar-refractivity contribution >= 4 is 33.3 Å². The summed E-state index contributed by atoms with van der Waals surface area (Å²) in [5, 5.41) is 3.99. The average Bonchev–Trinajstić information content (AvgIpc) is 2.97. The summed E-state index contributed by atoms with van der Waals surface area (Å²) in [5.41, 5.74) is 5.18. The fraction of sp³-hybridized carbons (Fsp3) is 0.0526. The van der Waals surface area contributed by atoms with Gasteiger partial charge >= 0.3 is 0 Å². The first kappa shape index (κ1) is 11.3. The molecule has 0 fully saturated rings. The van der Waals surface area contributed by atoms with E-state index in [-0.39, 0.29) is 0 Å². The van der Waals surface area contributed by atoms with Gasteiger partial charge in [-0.05, 0) is 24.6 Å². The number of aromatic nitrogens is 1. The van der Waals surface area contributed by atoms with E-state index >= 15 is 0 Å². The van der Waals surface area contributed by atoms with Crippen LogP contribution in [-0.4, -0.2) is 4.40 Å². The number of allylic oxidation sites excluding steroid dienone is 2. The number of hydrogen-bond acceptors (Lipinski definition) is 0. The van der Waals surface area contributed by atoms with Crippen LogP contribution >= 0.6 is 0 Å². The Bertz CT molecular complexity index is 970. The third-order valence-electron chi connectivity index (χ3n) is 4.11. The third kappa shape index (κ3) is 1.27. The first-order chi connectivity index (χ1) is 9.83. The van der Waals surface area contributed by atoms with Crippen molar-refractivity contribution in [2.24, 2.45) is 0 Å². The summed E-state index contributed by atoms with van der Waals surface area (Å²) in [7, 11) is 0. The monoisotopic (exact) mass is 257 g/mol. The number of para-hydroxylation sites is 2. The fourth-order valence-electron chi connectivity index (χ4n) is 3.24. The summed E-state index contributed by atoms with van der Waals surface area (Å²) in [6.45, 7) is 5.97. The minimum absolute atomic E-state index is 1.25. The highest BCUT2D eigenvalue weighted by Gasteiger charge is 2.17. The van der Waals surface area contributed by atoms with E-state index in [4.69, 9.17) is 0 Å². The molecule has 2 aromatic carbocycles. The molecule has 0 aliphatic carbocycles. The van der Waals surface area contributed by atoms with Crippen LogP contribution in [0.25, 0.3) is 33.3 Å². The molecule has 0 atom stereocenters. The number of fused-ring (bicyclic) bond motifs is 3. The first-order valence-corrected chi connectivity index (χ1v) is 6.86. The van der Waals surface area contributed by atoms with Gasteiger partial charge in [0.2, 0.25) is 0 Å². The lowest BCUT2D eigenvalue weighted by Crippen LogP contribution is -1.85. The van der Waals surface area contributed by atoms with Crippen LogP contribution in [0.15, 0.2) is 61.2 Å². The zero-order chi connectivity index (χ0) is 13.7. The zero-order valence-corrected chi connectivity index (χ0v) is 11.4. The SMILES string of the molecule is C=C/C=C\c1c(C)c2cccc3c4ccccc4n1c23. The Hall–Kier alpha value is -2.54. The van der Waals surface area contributed by atoms with E-state index in [2.05, 4.69) is 66.4 Å². The van der Waals surface area contributed by atoms with Gasteiger partial charge in [-0.3, -0.25) is 0 Å². The minimum Gasteiger partial charge on any atom is -0.308 e. The van der Waals surface area contributed by atoms with Crippen molar-refractivity contribution in [1.29, 1.82) is 0 Å². The molecule has 0 saturated carbocycles. The van der Waals surface area contributed by atoms with Crippen LogP contribution in [-0.2, 0) is 0 Å². The van der Waals surface area contributed by atoms with E-state index in [1.54, 1.807) is 0 Å². The van der Waals surface area contributed by atoms with E-state index in [1.807, 2.05) is 12.2 Å². The maximum atomic E-state index is 3.78. The maximum Gasteiger partial charge on any atom is 0.0616 e. The number of benzene rings is 2. The van der Waals surface area contributed by atoms with Gasteiger partial charge in [-0.15, -0.1) is 0 Å². The lowest BCUT2D eigenvalue weighted by Gasteiger charge is -1.98. The lowest BCUT2D eigenvalue weighted by atomic mass is 10.1. The van der Waals surface area contributed by atoms with E-state index in [0.29, 0.717) is 0 Å². The molecule has 0 aliphatic rings. The third-order valence-corrected chi connectivity index (χ3v) is 4.11. The van der Waals surface area contributed by atoms with Gasteiger partial charge in [0.1, 0.15) is 0 Å². The van der Waals surface area contributed by atoms with Crippen LogP contribution in [0.2, 0.25) is 0 Å². The van der Waals surface area contributed by atoms with Gasteiger partial charge in [0.25, 0.3) is 0 Å². The van der Waals surface area contributed by atoms with Crippen LogP contribution in [0.3, 0.4) is 0 Å². The van der Waals surface area contributed by atoms with E-state index in [1.165, 1.54) is 38.4 Å². The van der Waals surface area contributed by atoms with Crippen molar-refractivity contribution in [3.63, 3.8) is 0 Å². The highest BCUT2D eigenvalue weighted by Crippen LogP contribution is 2.37. The summed E-state index contributed by atoms with van der Waals surface area (Å²) < 4.78 is 2.37. The van der Waals surface area contributed by atoms with E-state index in [0.717, 1.165) is 0 Å². The normalized spacial score (nSPS) is 12.2. The summed E-state index contributed by atoms with van der Waals surface area (Å²) in [5.74, 6) is 0. The quantitative estimate of drug-likeness (QED) is 0.435. The van der Waals surface area contributed by atoms with Crippen LogP contribution < -0.4 is 0 Å². The number of aryl methyl sites for hydroxylation is 1. The molecular weight excluding hydrogens is 242 g/mol. The Balaban J connectivity index is 2.34. The second-order valence-electron chi connectivity index (χ2n) is 5.16. The zero-order valence-electron chi connectivity index (χ0n) is 11.4. The molecule has 20 heavy (non-hydrogen) atoms. The molecule has 0 aliphatic heterocycles. The van der Waals surface area contributed by atoms with E-state index < -0.39 is 0 Å². The molecule has 0 amide bonds. The Morgan fingerprint density at radius 1 is 0.950 bits per heavy atom. The molecule has 2 aromatic heterocycles. The summed E-state index contributed by atoms with van der Waals surface area (Å²) >= 11 is 0. The Labute approximate surface area is 117 Å². The molecule has 1 nitrogen and oxygen atoms in total. The summed E-state index contributed by atoms with van der Waals surface area (Å²) in [6.07, 6.45) is 5.98. The standard InChI is InChI=1S/C19H15N/c1-3-4-11-17-13(2)14-9-7-10-16-15-8-5-6-12-18(15)20(17)19(14)16/h3-12H,1H2,2H3/b11-4-. The number of rotatable bonds is 2. The van der Waals surface area contributed by atoms with Crippen molar-refractivity contribution in [3.05, 3.63) is 72.5 Å². The van der Waals surface area contributed by atoms with Gasteiger partial charge in [0, 0.05) is 21.9 Å². The van der Waals surface area contributed by atoms with Crippen molar-refractivity contribution < 1.29 is 0 Å². The van der Waals surface area contributed by atoms with Gasteiger partial charge in [0.15, 0.2) is 0 Å². The van der Waals surface area contributed by atoms with Crippen molar-refractivity contribution in [3.8, 4) is 0 Å². The number of hydrogen-bond donors (Lipinski definition) is 0. The molecule has 0 radical (unpaired) electrons. The van der Waals surface area contributed by atoms with Crippen molar-refractivity contribution in [2.45, 2.75) is 6.92 Å².